The molecule has 4 rings (SSSR count). The Morgan fingerprint density at radius 1 is 1.29 bits per heavy atom. The molecule has 3 aliphatic rings. The maximum Gasteiger partial charge on any atom is 0.312 e. The first-order valence-electron chi connectivity index (χ1n) is 11.0. The van der Waals surface area contributed by atoms with E-state index in [0.29, 0.717) is 12.0 Å². The third kappa shape index (κ3) is 3.88. The average Bonchev–Trinajstić information content (AvgIpc) is 3.39. The molecule has 1 spiro atoms. The molecule has 0 N–H and O–H groups in total. The largest absolute Gasteiger partial charge is 0.461 e. The van der Waals surface area contributed by atoms with Gasteiger partial charge in [-0.05, 0) is 39.2 Å². The number of anilines is 1. The number of hydrogen-bond donors (Lipinski definition) is 0. The van der Waals surface area contributed by atoms with Crippen molar-refractivity contribution in [2.45, 2.75) is 77.9 Å². The second-order valence-corrected chi connectivity index (χ2v) is 9.20. The van der Waals surface area contributed by atoms with Gasteiger partial charge < -0.3 is 9.64 Å². The number of nitrogens with zero attached hydrogens (tertiary/aromatic N) is 4. The number of carbonyl (C=O) groups excluding carboxylic acids is 1. The topological polar surface area (TPSA) is 58.6 Å². The molecule has 6 nitrogen and oxygen atoms in total. The van der Waals surface area contributed by atoms with Crippen LogP contribution in [0.5, 0.6) is 0 Å². The Morgan fingerprint density at radius 2 is 2.00 bits per heavy atom. The number of ether oxygens (including phenoxy) is 1. The summed E-state index contributed by atoms with van der Waals surface area (Å²) in [6.07, 6.45) is 5.33. The summed E-state index contributed by atoms with van der Waals surface area (Å²) >= 11 is 0. The lowest BCUT2D eigenvalue weighted by Crippen LogP contribution is -2.47. The van der Waals surface area contributed by atoms with Gasteiger partial charge in [0.05, 0.1) is 5.41 Å². The van der Waals surface area contributed by atoms with Gasteiger partial charge in [-0.25, -0.2) is 9.97 Å². The Hall–Kier alpha value is -1.69. The normalized spacial score (nSPS) is 24.4. The van der Waals surface area contributed by atoms with Gasteiger partial charge >= 0.3 is 5.97 Å². The number of likely N-dealkylation sites (N-methyl/N-ethyl adjacent to an activating group) is 1. The van der Waals surface area contributed by atoms with Gasteiger partial charge in [0.1, 0.15) is 17.7 Å². The van der Waals surface area contributed by atoms with Crippen LogP contribution in [0.25, 0.3) is 0 Å². The number of aryl methyl sites for hydroxylation is 1. The smallest absolute Gasteiger partial charge is 0.312 e. The molecule has 1 unspecified atom stereocenters. The quantitative estimate of drug-likeness (QED) is 0.699. The highest BCUT2D eigenvalue weighted by Gasteiger charge is 2.57. The van der Waals surface area contributed by atoms with Crippen molar-refractivity contribution >= 4 is 11.8 Å². The Labute approximate surface area is 168 Å². The lowest BCUT2D eigenvalue weighted by atomic mass is 9.99. The van der Waals surface area contributed by atoms with Gasteiger partial charge in [-0.1, -0.05) is 20.8 Å². The first-order valence-corrected chi connectivity index (χ1v) is 11.0. The molecule has 2 aliphatic heterocycles. The number of rotatable bonds is 6. The van der Waals surface area contributed by atoms with E-state index in [-0.39, 0.29) is 17.5 Å². The van der Waals surface area contributed by atoms with Crippen LogP contribution in [-0.2, 0) is 9.53 Å². The van der Waals surface area contributed by atoms with Crippen molar-refractivity contribution in [2.75, 3.05) is 31.1 Å². The van der Waals surface area contributed by atoms with Gasteiger partial charge in [0.15, 0.2) is 0 Å². The predicted octanol–water partition coefficient (Wildman–Crippen LogP) is 3.29. The lowest BCUT2D eigenvalue weighted by Gasteiger charge is -2.39. The van der Waals surface area contributed by atoms with Crippen LogP contribution in [-0.4, -0.2) is 59.2 Å². The highest BCUT2D eigenvalue weighted by molar-refractivity contribution is 5.82. The van der Waals surface area contributed by atoms with Gasteiger partial charge in [-0.2, -0.15) is 0 Å². The first kappa shape index (κ1) is 19.6. The summed E-state index contributed by atoms with van der Waals surface area (Å²) in [6.45, 7) is 12.5. The zero-order chi connectivity index (χ0) is 19.9. The molecule has 1 aromatic heterocycles. The third-order valence-electron chi connectivity index (χ3n) is 6.70. The van der Waals surface area contributed by atoms with E-state index in [9.17, 15) is 4.79 Å². The molecule has 0 radical (unpaired) electrons. The number of carbonyl (C=O) groups is 1. The summed E-state index contributed by atoms with van der Waals surface area (Å²) in [6, 6.07) is 2.67. The minimum absolute atomic E-state index is 0.0588. The van der Waals surface area contributed by atoms with E-state index in [1.165, 1.54) is 0 Å². The molecule has 0 bridgehead atoms. The van der Waals surface area contributed by atoms with E-state index in [2.05, 4.69) is 48.5 Å². The zero-order valence-electron chi connectivity index (χ0n) is 17.8. The van der Waals surface area contributed by atoms with Crippen molar-refractivity contribution in [3.05, 3.63) is 17.6 Å². The maximum atomic E-state index is 12.1. The Bertz CT molecular complexity index is 723. The minimum atomic E-state index is -0.0908. The molecule has 3 heterocycles. The van der Waals surface area contributed by atoms with Crippen LogP contribution in [0.15, 0.2) is 6.07 Å². The minimum Gasteiger partial charge on any atom is -0.461 e. The van der Waals surface area contributed by atoms with Crippen LogP contribution >= 0.6 is 0 Å². The molecule has 154 valence electrons. The Kier molecular flexibility index (Phi) is 5.34. The molecule has 6 heteroatoms. The standard InChI is InChI=1S/C22H34N4O2/c1-5-25(14-18-13-22(8-9-22)21(27)28-18)17-6-10-26(11-7-17)19-12-16(4)23-20(24-19)15(2)3/h12,15,17-18H,5-11,13-14H2,1-4H3. The zero-order valence-corrected chi connectivity index (χ0v) is 17.8. The SMILES string of the molecule is CCN(CC1CC2(CC2)C(=O)O1)C1CCN(c2cc(C)nc(C(C)C)n2)CC1. The fourth-order valence-electron chi connectivity index (χ4n) is 4.75. The summed E-state index contributed by atoms with van der Waals surface area (Å²) < 4.78 is 5.69. The average molecular weight is 387 g/mol. The third-order valence-corrected chi connectivity index (χ3v) is 6.70. The molecule has 0 aromatic carbocycles. The Balaban J connectivity index is 1.35. The summed E-state index contributed by atoms with van der Waals surface area (Å²) in [5, 5.41) is 0. The number of piperidine rings is 1. The number of esters is 1. The van der Waals surface area contributed by atoms with Gasteiger partial charge in [-0.3, -0.25) is 9.69 Å². The van der Waals surface area contributed by atoms with Crippen molar-refractivity contribution in [3.63, 3.8) is 0 Å². The summed E-state index contributed by atoms with van der Waals surface area (Å²) in [4.78, 5) is 26.4. The van der Waals surface area contributed by atoms with E-state index >= 15 is 0 Å². The van der Waals surface area contributed by atoms with Crippen LogP contribution in [0.4, 0.5) is 5.82 Å². The molecule has 3 fully saturated rings. The monoisotopic (exact) mass is 386 g/mol. The molecule has 0 amide bonds. The molecule has 28 heavy (non-hydrogen) atoms. The molecular formula is C22H34N4O2. The number of hydrogen-bond acceptors (Lipinski definition) is 6. The van der Waals surface area contributed by atoms with Crippen molar-refractivity contribution in [1.29, 1.82) is 0 Å². The van der Waals surface area contributed by atoms with Crippen LogP contribution < -0.4 is 4.90 Å². The molecular weight excluding hydrogens is 352 g/mol. The van der Waals surface area contributed by atoms with Gasteiger partial charge in [0, 0.05) is 49.8 Å². The highest BCUT2D eigenvalue weighted by atomic mass is 16.6. The van der Waals surface area contributed by atoms with Crippen LogP contribution in [0.1, 0.15) is 70.3 Å². The summed E-state index contributed by atoms with van der Waals surface area (Å²) in [7, 11) is 0. The van der Waals surface area contributed by atoms with Crippen molar-refractivity contribution < 1.29 is 9.53 Å². The second-order valence-electron chi connectivity index (χ2n) is 9.20. The van der Waals surface area contributed by atoms with E-state index in [1.54, 1.807) is 0 Å². The number of aromatic nitrogens is 2. The fraction of sp³-hybridized carbons (Fsp3) is 0.773. The summed E-state index contributed by atoms with van der Waals surface area (Å²) in [5.74, 6) is 2.40. The predicted molar refractivity (Wildman–Crippen MR) is 110 cm³/mol. The van der Waals surface area contributed by atoms with Crippen molar-refractivity contribution in [1.82, 2.24) is 14.9 Å². The van der Waals surface area contributed by atoms with Gasteiger partial charge in [0.25, 0.3) is 0 Å². The summed E-state index contributed by atoms with van der Waals surface area (Å²) in [5.41, 5.74) is 0.954. The first-order chi connectivity index (χ1) is 13.4. The molecule has 1 atom stereocenters. The Morgan fingerprint density at radius 3 is 2.57 bits per heavy atom. The van der Waals surface area contributed by atoms with Crippen molar-refractivity contribution in [3.8, 4) is 0 Å². The van der Waals surface area contributed by atoms with Crippen LogP contribution in [0.2, 0.25) is 0 Å². The van der Waals surface area contributed by atoms with Crippen molar-refractivity contribution in [2.24, 2.45) is 5.41 Å². The van der Waals surface area contributed by atoms with Gasteiger partial charge in [0.2, 0.25) is 0 Å². The van der Waals surface area contributed by atoms with E-state index in [1.807, 2.05) is 0 Å². The maximum absolute atomic E-state index is 12.1. The number of cyclic esters (lactones) is 1. The van der Waals surface area contributed by atoms with Crippen LogP contribution in [0.3, 0.4) is 0 Å². The van der Waals surface area contributed by atoms with E-state index in [0.717, 1.165) is 75.6 Å². The molecule has 1 aliphatic carbocycles. The second kappa shape index (κ2) is 7.62. The van der Waals surface area contributed by atoms with E-state index in [4.69, 9.17) is 9.72 Å². The van der Waals surface area contributed by atoms with E-state index < -0.39 is 0 Å². The molecule has 2 saturated heterocycles. The fourth-order valence-corrected chi connectivity index (χ4v) is 4.75. The lowest BCUT2D eigenvalue weighted by molar-refractivity contribution is -0.146. The molecule has 1 aromatic rings. The van der Waals surface area contributed by atoms with Gasteiger partial charge in [-0.15, -0.1) is 0 Å². The highest BCUT2D eigenvalue weighted by Crippen LogP contribution is 2.54. The van der Waals surface area contributed by atoms with Crippen LogP contribution in [0, 0.1) is 12.3 Å². The molecule has 1 saturated carbocycles.